The molecule has 0 aromatic carbocycles. The molecule has 4 aromatic heterocycles. The van der Waals surface area contributed by atoms with E-state index in [-0.39, 0.29) is 11.6 Å². The highest BCUT2D eigenvalue weighted by Gasteiger charge is 2.27. The number of hydrogen-bond donors (Lipinski definition) is 0. The molecular formula is C25H27N5O2S2. The van der Waals surface area contributed by atoms with Crippen LogP contribution in [-0.4, -0.2) is 30.4 Å². The smallest absolute Gasteiger partial charge is 0.263 e. The van der Waals surface area contributed by atoms with Gasteiger partial charge in [0, 0.05) is 41.0 Å². The highest BCUT2D eigenvalue weighted by atomic mass is 32.2. The van der Waals surface area contributed by atoms with E-state index in [1.807, 2.05) is 16.7 Å². The highest BCUT2D eigenvalue weighted by Crippen LogP contribution is 2.37. The Morgan fingerprint density at radius 3 is 2.76 bits per heavy atom. The molecule has 7 nitrogen and oxygen atoms in total. The lowest BCUT2D eigenvalue weighted by Crippen LogP contribution is -2.26. The maximum Gasteiger partial charge on any atom is 0.263 e. The zero-order valence-electron chi connectivity index (χ0n) is 19.0. The second-order valence-corrected chi connectivity index (χ2v) is 11.2. The van der Waals surface area contributed by atoms with Crippen LogP contribution >= 0.6 is 23.1 Å². The molecule has 0 spiro atoms. The van der Waals surface area contributed by atoms with Gasteiger partial charge in [-0.3, -0.25) is 14.3 Å². The minimum Gasteiger partial charge on any atom is -0.339 e. The zero-order valence-corrected chi connectivity index (χ0v) is 20.7. The number of aromatic nitrogens is 5. The average molecular weight is 494 g/mol. The number of rotatable bonds is 7. The van der Waals surface area contributed by atoms with E-state index in [2.05, 4.69) is 15.1 Å². The summed E-state index contributed by atoms with van der Waals surface area (Å²) < 4.78 is 7.48. The first-order valence-corrected chi connectivity index (χ1v) is 14.0. The quantitative estimate of drug-likeness (QED) is 0.187. The third-order valence-electron chi connectivity index (χ3n) is 6.85. The van der Waals surface area contributed by atoms with Gasteiger partial charge in [-0.25, -0.2) is 4.98 Å². The van der Waals surface area contributed by atoms with Crippen molar-refractivity contribution in [1.29, 1.82) is 0 Å². The van der Waals surface area contributed by atoms with Gasteiger partial charge in [0.2, 0.25) is 11.7 Å². The van der Waals surface area contributed by atoms with Crippen LogP contribution in [0, 0.1) is 0 Å². The molecule has 0 N–H and O–H groups in total. The van der Waals surface area contributed by atoms with Gasteiger partial charge in [-0.2, -0.15) is 4.98 Å². The minimum absolute atomic E-state index is 0.192. The van der Waals surface area contributed by atoms with E-state index in [9.17, 15) is 4.79 Å². The summed E-state index contributed by atoms with van der Waals surface area (Å²) in [5, 5.41) is 5.88. The number of thioether (sulfide) groups is 1. The molecule has 1 saturated carbocycles. The number of fused-ring (bicyclic) bond motifs is 3. The van der Waals surface area contributed by atoms with Crippen molar-refractivity contribution in [1.82, 2.24) is 24.7 Å². The van der Waals surface area contributed by atoms with Gasteiger partial charge in [-0.1, -0.05) is 29.8 Å². The SMILES string of the molecule is O=c1c2c3c(sc2nc(SCCCc2nc(-c4ccncc4)no2)n1C1CCCC1)CCCC3. The van der Waals surface area contributed by atoms with Crippen LogP contribution in [0.3, 0.4) is 0 Å². The van der Waals surface area contributed by atoms with Crippen molar-refractivity contribution in [3.63, 3.8) is 0 Å². The van der Waals surface area contributed by atoms with E-state index in [4.69, 9.17) is 9.51 Å². The van der Waals surface area contributed by atoms with Gasteiger partial charge < -0.3 is 4.52 Å². The molecule has 4 heterocycles. The second kappa shape index (κ2) is 9.62. The van der Waals surface area contributed by atoms with Crippen LogP contribution in [0.15, 0.2) is 39.0 Å². The lowest BCUT2D eigenvalue weighted by atomic mass is 9.97. The lowest BCUT2D eigenvalue weighted by Gasteiger charge is -2.18. The largest absolute Gasteiger partial charge is 0.339 e. The first-order chi connectivity index (χ1) is 16.8. The Morgan fingerprint density at radius 1 is 1.09 bits per heavy atom. The summed E-state index contributed by atoms with van der Waals surface area (Å²) >= 11 is 3.43. The van der Waals surface area contributed by atoms with Gasteiger partial charge in [-0.05, 0) is 62.6 Å². The molecule has 2 aliphatic rings. The molecule has 6 rings (SSSR count). The average Bonchev–Trinajstić information content (AvgIpc) is 3.62. The van der Waals surface area contributed by atoms with Crippen LogP contribution in [0.5, 0.6) is 0 Å². The van der Waals surface area contributed by atoms with Gasteiger partial charge in [0.05, 0.1) is 5.39 Å². The summed E-state index contributed by atoms with van der Waals surface area (Å²) in [5.41, 5.74) is 2.38. The van der Waals surface area contributed by atoms with Crippen molar-refractivity contribution < 1.29 is 4.52 Å². The maximum atomic E-state index is 13.7. The molecule has 0 amide bonds. The van der Waals surface area contributed by atoms with Crippen molar-refractivity contribution in [2.45, 2.75) is 75.4 Å². The molecule has 34 heavy (non-hydrogen) atoms. The van der Waals surface area contributed by atoms with Crippen LogP contribution in [0.2, 0.25) is 0 Å². The minimum atomic E-state index is 0.192. The van der Waals surface area contributed by atoms with Gasteiger partial charge in [0.15, 0.2) is 5.16 Å². The molecule has 176 valence electrons. The fourth-order valence-electron chi connectivity index (χ4n) is 5.15. The Bertz CT molecular complexity index is 1360. The van der Waals surface area contributed by atoms with E-state index >= 15 is 0 Å². The van der Waals surface area contributed by atoms with Crippen molar-refractivity contribution in [3.05, 3.63) is 51.2 Å². The van der Waals surface area contributed by atoms with Crippen molar-refractivity contribution in [3.8, 4) is 11.4 Å². The fourth-order valence-corrected chi connectivity index (χ4v) is 7.45. The molecular weight excluding hydrogens is 466 g/mol. The molecule has 0 saturated heterocycles. The molecule has 1 fully saturated rings. The molecule has 9 heteroatoms. The molecule has 4 aromatic rings. The van der Waals surface area contributed by atoms with Crippen molar-refractivity contribution in [2.75, 3.05) is 5.75 Å². The predicted molar refractivity (Wildman–Crippen MR) is 135 cm³/mol. The Balaban J connectivity index is 1.21. The van der Waals surface area contributed by atoms with Crippen LogP contribution in [0.1, 0.15) is 67.3 Å². The summed E-state index contributed by atoms with van der Waals surface area (Å²) in [7, 11) is 0. The first kappa shape index (κ1) is 22.0. The van der Waals surface area contributed by atoms with Crippen LogP contribution in [-0.2, 0) is 19.3 Å². The standard InChI is InChI=1S/C25H27N5O2S2/c31-24-21-18-8-3-4-9-19(18)34-23(21)28-25(30(24)17-6-1-2-7-17)33-15-5-10-20-27-22(29-32-20)16-11-13-26-14-12-16/h11-14,17H,1-10,15H2. The number of hydrogen-bond acceptors (Lipinski definition) is 8. The van der Waals surface area contributed by atoms with Crippen LogP contribution < -0.4 is 5.56 Å². The zero-order chi connectivity index (χ0) is 22.9. The third-order valence-corrected chi connectivity index (χ3v) is 9.08. The molecule has 0 unspecified atom stereocenters. The Kier molecular flexibility index (Phi) is 6.22. The number of thiophene rings is 1. The van der Waals surface area contributed by atoms with Gasteiger partial charge in [0.1, 0.15) is 4.83 Å². The molecule has 0 radical (unpaired) electrons. The second-order valence-electron chi connectivity index (χ2n) is 9.10. The topological polar surface area (TPSA) is 86.7 Å². The first-order valence-electron chi connectivity index (χ1n) is 12.2. The number of pyridine rings is 1. The predicted octanol–water partition coefficient (Wildman–Crippen LogP) is 5.62. The Hall–Kier alpha value is -2.52. The fraction of sp³-hybridized carbons (Fsp3) is 0.480. The Labute approximate surface area is 206 Å². The van der Waals surface area contributed by atoms with Gasteiger partial charge in [0.25, 0.3) is 5.56 Å². The highest BCUT2D eigenvalue weighted by molar-refractivity contribution is 7.99. The molecule has 2 aliphatic carbocycles. The van der Waals surface area contributed by atoms with E-state index in [1.54, 1.807) is 35.5 Å². The van der Waals surface area contributed by atoms with Gasteiger partial charge in [-0.15, -0.1) is 11.3 Å². The van der Waals surface area contributed by atoms with E-state index in [0.717, 1.165) is 58.8 Å². The van der Waals surface area contributed by atoms with E-state index in [0.29, 0.717) is 18.1 Å². The summed E-state index contributed by atoms with van der Waals surface area (Å²) in [4.78, 5) is 29.7. The summed E-state index contributed by atoms with van der Waals surface area (Å²) in [6.07, 6.45) is 14.1. The molecule has 0 atom stereocenters. The lowest BCUT2D eigenvalue weighted by molar-refractivity contribution is 0.378. The van der Waals surface area contributed by atoms with Crippen LogP contribution in [0.25, 0.3) is 21.6 Å². The van der Waals surface area contributed by atoms with E-state index in [1.165, 1.54) is 36.1 Å². The summed E-state index contributed by atoms with van der Waals surface area (Å²) in [6.45, 7) is 0. The summed E-state index contributed by atoms with van der Waals surface area (Å²) in [6, 6.07) is 4.03. The van der Waals surface area contributed by atoms with Gasteiger partial charge >= 0.3 is 0 Å². The number of nitrogens with zero attached hydrogens (tertiary/aromatic N) is 5. The maximum absolute atomic E-state index is 13.7. The molecule has 0 aliphatic heterocycles. The Morgan fingerprint density at radius 2 is 1.91 bits per heavy atom. The van der Waals surface area contributed by atoms with Crippen molar-refractivity contribution >= 4 is 33.3 Å². The number of aryl methyl sites for hydroxylation is 3. The van der Waals surface area contributed by atoms with Crippen LogP contribution in [0.4, 0.5) is 0 Å². The van der Waals surface area contributed by atoms with E-state index < -0.39 is 0 Å². The monoisotopic (exact) mass is 493 g/mol. The summed E-state index contributed by atoms with van der Waals surface area (Å²) in [5.74, 6) is 2.08. The van der Waals surface area contributed by atoms with Crippen molar-refractivity contribution in [2.24, 2.45) is 0 Å². The molecule has 0 bridgehead atoms. The third kappa shape index (κ3) is 4.20. The normalized spacial score (nSPS) is 16.4.